The van der Waals surface area contributed by atoms with Crippen LogP contribution in [0, 0.1) is 11.2 Å². The van der Waals surface area contributed by atoms with Crippen molar-refractivity contribution in [1.82, 2.24) is 13.6 Å². The highest BCUT2D eigenvalue weighted by molar-refractivity contribution is 7.87. The lowest BCUT2D eigenvalue weighted by Crippen LogP contribution is -2.37. The Morgan fingerprint density at radius 2 is 1.74 bits per heavy atom. The van der Waals surface area contributed by atoms with Gasteiger partial charge in [-0.3, -0.25) is 0 Å². The third-order valence-corrected chi connectivity index (χ3v) is 6.18. The second-order valence-corrected chi connectivity index (χ2v) is 10.9. The number of nitrogens with zero attached hydrogens (tertiary/aromatic N) is 2. The Bertz CT molecular complexity index is 925. The fourth-order valence-electron chi connectivity index (χ4n) is 3.18. The van der Waals surface area contributed by atoms with E-state index in [1.54, 1.807) is 13.0 Å². The van der Waals surface area contributed by atoms with Gasteiger partial charge in [-0.2, -0.15) is 17.4 Å². The number of hydrogen-bond donors (Lipinski definition) is 1. The smallest absolute Gasteiger partial charge is 0.279 e. The lowest BCUT2D eigenvalue weighted by molar-refractivity contribution is 0.349. The summed E-state index contributed by atoms with van der Waals surface area (Å²) in [6.07, 6.45) is 1.95. The van der Waals surface area contributed by atoms with E-state index in [2.05, 4.69) is 30.1 Å². The first kappa shape index (κ1) is 21.9. The van der Waals surface area contributed by atoms with E-state index in [1.165, 1.54) is 14.1 Å². The van der Waals surface area contributed by atoms with Crippen LogP contribution in [0.15, 0.2) is 18.3 Å². The second-order valence-electron chi connectivity index (χ2n) is 8.95. The van der Waals surface area contributed by atoms with Gasteiger partial charge in [0.2, 0.25) is 0 Å². The summed E-state index contributed by atoms with van der Waals surface area (Å²) >= 11 is 0. The predicted octanol–water partition coefficient (Wildman–Crippen LogP) is 4.41. The van der Waals surface area contributed by atoms with Crippen molar-refractivity contribution < 1.29 is 12.8 Å². The van der Waals surface area contributed by atoms with Crippen LogP contribution in [0.25, 0.3) is 10.9 Å². The van der Waals surface area contributed by atoms with Crippen LogP contribution in [-0.2, 0) is 16.8 Å². The van der Waals surface area contributed by atoms with Crippen molar-refractivity contribution in [3.8, 4) is 0 Å². The first-order valence-corrected chi connectivity index (χ1v) is 10.7. The van der Waals surface area contributed by atoms with Crippen LogP contribution in [0.5, 0.6) is 0 Å². The molecule has 152 valence electrons. The number of hydrogen-bond acceptors (Lipinski definition) is 2. The molecule has 1 atom stereocenters. The molecule has 0 spiro atoms. The lowest BCUT2D eigenvalue weighted by atomic mass is 9.96. The van der Waals surface area contributed by atoms with Crippen molar-refractivity contribution in [3.05, 3.63) is 35.3 Å². The maximum Gasteiger partial charge on any atom is 0.279 e. The first-order chi connectivity index (χ1) is 12.2. The minimum Gasteiger partial charge on any atom is -0.347 e. The summed E-state index contributed by atoms with van der Waals surface area (Å²) in [5, 5.41) is 0.745. The molecule has 1 N–H and O–H groups in total. The predicted molar refractivity (Wildman–Crippen MR) is 110 cm³/mol. The highest BCUT2D eigenvalue weighted by atomic mass is 32.2. The van der Waals surface area contributed by atoms with Gasteiger partial charge in [-0.25, -0.2) is 4.39 Å². The average Bonchev–Trinajstić information content (AvgIpc) is 2.81. The molecule has 0 aliphatic rings. The molecule has 0 amide bonds. The van der Waals surface area contributed by atoms with Crippen molar-refractivity contribution >= 4 is 21.1 Å². The third-order valence-electron chi connectivity index (χ3n) is 4.57. The van der Waals surface area contributed by atoms with Crippen LogP contribution in [-0.4, -0.2) is 31.4 Å². The summed E-state index contributed by atoms with van der Waals surface area (Å²) in [6.45, 7) is 12.9. The van der Waals surface area contributed by atoms with E-state index >= 15 is 0 Å². The minimum atomic E-state index is -3.59. The third kappa shape index (κ3) is 4.89. The maximum absolute atomic E-state index is 14.7. The molecule has 7 heteroatoms. The average molecular weight is 398 g/mol. The number of halogens is 1. The highest BCUT2D eigenvalue weighted by Crippen LogP contribution is 2.33. The topological polar surface area (TPSA) is 54.3 Å². The Hall–Kier alpha value is -1.44. The van der Waals surface area contributed by atoms with Gasteiger partial charge in [0.1, 0.15) is 5.82 Å². The zero-order valence-electron chi connectivity index (χ0n) is 17.6. The normalized spacial score (nSPS) is 14.5. The van der Waals surface area contributed by atoms with E-state index in [9.17, 15) is 12.8 Å². The van der Waals surface area contributed by atoms with Crippen molar-refractivity contribution in [3.63, 3.8) is 0 Å². The summed E-state index contributed by atoms with van der Waals surface area (Å²) < 4.78 is 45.0. The largest absolute Gasteiger partial charge is 0.347 e. The number of aromatic nitrogens is 1. The number of rotatable bonds is 6. The molecule has 0 saturated heterocycles. The fraction of sp³-hybridized carbons (Fsp3) is 0.600. The quantitative estimate of drug-likeness (QED) is 0.785. The molecule has 0 saturated carbocycles. The fourth-order valence-corrected chi connectivity index (χ4v) is 3.96. The Morgan fingerprint density at radius 1 is 1.15 bits per heavy atom. The maximum atomic E-state index is 14.7. The Balaban J connectivity index is 2.64. The first-order valence-electron chi connectivity index (χ1n) is 9.25. The molecule has 5 nitrogen and oxygen atoms in total. The molecular weight excluding hydrogens is 365 g/mol. The molecule has 2 aromatic rings. The standard InChI is InChI=1S/C20H32FN3O2S/c1-13(2)15-10-19-16(9-18(15)21)17(11-24(19)12-20(4,5)6)14(3)22-27(25,26)23(7)8/h9-11,13-14,22H,12H2,1-8H3/t14-/m1/s1. The van der Waals surface area contributed by atoms with Crippen LogP contribution in [0.1, 0.15) is 64.6 Å². The van der Waals surface area contributed by atoms with Crippen LogP contribution in [0.3, 0.4) is 0 Å². The molecule has 27 heavy (non-hydrogen) atoms. The van der Waals surface area contributed by atoms with Crippen molar-refractivity contribution in [2.45, 2.75) is 60.0 Å². The van der Waals surface area contributed by atoms with Gasteiger partial charge in [0, 0.05) is 43.8 Å². The number of fused-ring (bicyclic) bond motifs is 1. The summed E-state index contributed by atoms with van der Waals surface area (Å²) in [4.78, 5) is 0. The van der Waals surface area contributed by atoms with E-state index in [0.29, 0.717) is 5.56 Å². The van der Waals surface area contributed by atoms with Gasteiger partial charge in [-0.15, -0.1) is 0 Å². The highest BCUT2D eigenvalue weighted by Gasteiger charge is 2.24. The van der Waals surface area contributed by atoms with Gasteiger partial charge in [0.15, 0.2) is 0 Å². The molecule has 1 aromatic heterocycles. The van der Waals surface area contributed by atoms with Gasteiger partial charge in [0.25, 0.3) is 10.2 Å². The van der Waals surface area contributed by atoms with E-state index in [0.717, 1.165) is 27.3 Å². The number of benzene rings is 1. The molecule has 1 aromatic carbocycles. The van der Waals surface area contributed by atoms with Gasteiger partial charge < -0.3 is 4.57 Å². The van der Waals surface area contributed by atoms with Gasteiger partial charge in [-0.1, -0.05) is 34.6 Å². The monoisotopic (exact) mass is 397 g/mol. The molecule has 0 radical (unpaired) electrons. The van der Waals surface area contributed by atoms with Crippen molar-refractivity contribution in [2.24, 2.45) is 5.41 Å². The minimum absolute atomic E-state index is 0.0297. The van der Waals surface area contributed by atoms with E-state index in [-0.39, 0.29) is 17.2 Å². The summed E-state index contributed by atoms with van der Waals surface area (Å²) in [5.74, 6) is -0.185. The van der Waals surface area contributed by atoms with Crippen molar-refractivity contribution in [1.29, 1.82) is 0 Å². The molecule has 0 unspecified atom stereocenters. The zero-order chi connectivity index (χ0) is 20.7. The molecule has 0 fully saturated rings. The Labute approximate surface area is 162 Å². The molecular formula is C20H32FN3O2S. The SMILES string of the molecule is CC(C)c1cc2c(cc1F)c([C@@H](C)NS(=O)(=O)N(C)C)cn2CC(C)(C)C. The lowest BCUT2D eigenvalue weighted by Gasteiger charge is -2.20. The van der Waals surface area contributed by atoms with Crippen LogP contribution >= 0.6 is 0 Å². The zero-order valence-corrected chi connectivity index (χ0v) is 18.4. The van der Waals surface area contributed by atoms with Crippen LogP contribution in [0.4, 0.5) is 4.39 Å². The summed E-state index contributed by atoms with van der Waals surface area (Å²) in [7, 11) is -0.634. The summed E-state index contributed by atoms with van der Waals surface area (Å²) in [5.41, 5.74) is 2.40. The Morgan fingerprint density at radius 3 is 2.22 bits per heavy atom. The van der Waals surface area contributed by atoms with E-state index in [1.807, 2.05) is 26.1 Å². The van der Waals surface area contributed by atoms with Crippen molar-refractivity contribution in [2.75, 3.05) is 14.1 Å². The van der Waals surface area contributed by atoms with E-state index < -0.39 is 16.3 Å². The molecule has 2 rings (SSSR count). The molecule has 0 aliphatic heterocycles. The Kier molecular flexibility index (Phi) is 6.09. The summed E-state index contributed by atoms with van der Waals surface area (Å²) in [6, 6.07) is 2.96. The van der Waals surface area contributed by atoms with Crippen LogP contribution < -0.4 is 4.72 Å². The second kappa shape index (κ2) is 7.53. The number of nitrogens with one attached hydrogen (secondary N) is 1. The van der Waals surface area contributed by atoms with E-state index in [4.69, 9.17) is 0 Å². The molecule has 0 aliphatic carbocycles. The van der Waals surface area contributed by atoms with Gasteiger partial charge >= 0.3 is 0 Å². The van der Waals surface area contributed by atoms with Crippen LogP contribution in [0.2, 0.25) is 0 Å². The molecule has 0 bridgehead atoms. The van der Waals surface area contributed by atoms with Gasteiger partial charge in [0.05, 0.1) is 0 Å². The van der Waals surface area contributed by atoms with Gasteiger partial charge in [-0.05, 0) is 41.5 Å². The molecule has 1 heterocycles.